The van der Waals surface area contributed by atoms with Crippen molar-refractivity contribution in [2.24, 2.45) is 0 Å². The third-order valence-corrected chi connectivity index (χ3v) is 5.16. The van der Waals surface area contributed by atoms with Gasteiger partial charge in [-0.2, -0.15) is 0 Å². The summed E-state index contributed by atoms with van der Waals surface area (Å²) in [5.41, 5.74) is 2.30. The van der Waals surface area contributed by atoms with E-state index < -0.39 is 11.9 Å². The van der Waals surface area contributed by atoms with Crippen LogP contribution in [0.4, 0.5) is 0 Å². The molecule has 0 aliphatic rings. The minimum absolute atomic E-state index is 0.198. The third-order valence-electron chi connectivity index (χ3n) is 3.70. The maximum Gasteiger partial charge on any atom is 0.307 e. The van der Waals surface area contributed by atoms with Gasteiger partial charge < -0.3 is 10.2 Å². The molecule has 9 heteroatoms. The zero-order chi connectivity index (χ0) is 19.6. The summed E-state index contributed by atoms with van der Waals surface area (Å²) in [5.74, 6) is -1.96. The monoisotopic (exact) mass is 422 g/mol. The van der Waals surface area contributed by atoms with E-state index in [4.69, 9.17) is 33.4 Å². The van der Waals surface area contributed by atoms with Crippen LogP contribution in [-0.2, 0) is 22.4 Å². The molecule has 0 fully saturated rings. The Kier molecular flexibility index (Phi) is 5.74. The Morgan fingerprint density at radius 1 is 0.815 bits per heavy atom. The van der Waals surface area contributed by atoms with E-state index in [0.29, 0.717) is 42.3 Å². The van der Waals surface area contributed by atoms with Crippen LogP contribution in [0.2, 0.25) is 10.0 Å². The highest BCUT2D eigenvalue weighted by Crippen LogP contribution is 2.35. The number of halogens is 2. The smallest absolute Gasteiger partial charge is 0.307 e. The normalized spacial score (nSPS) is 10.7. The molecule has 0 radical (unpaired) electrons. The fraction of sp³-hybridized carbons (Fsp3) is 0.111. The number of carboxylic acid groups (broad SMARTS) is 2. The Labute approximate surface area is 168 Å². The average molecular weight is 423 g/mol. The molecule has 0 spiro atoms. The van der Waals surface area contributed by atoms with Gasteiger partial charge in [-0.1, -0.05) is 46.7 Å². The van der Waals surface area contributed by atoms with Gasteiger partial charge in [0, 0.05) is 21.2 Å². The van der Waals surface area contributed by atoms with Gasteiger partial charge in [0.05, 0.1) is 12.8 Å². The Morgan fingerprint density at radius 3 is 1.59 bits per heavy atom. The van der Waals surface area contributed by atoms with E-state index in [1.54, 1.807) is 36.4 Å². The number of carboxylic acids is 2. The van der Waals surface area contributed by atoms with Gasteiger partial charge in [-0.15, -0.1) is 10.2 Å². The van der Waals surface area contributed by atoms with Crippen LogP contribution in [0, 0.1) is 0 Å². The highest BCUT2D eigenvalue weighted by molar-refractivity contribution is 7.18. The van der Waals surface area contributed by atoms with Crippen LogP contribution in [-0.4, -0.2) is 32.3 Å². The summed E-state index contributed by atoms with van der Waals surface area (Å²) in [7, 11) is 0. The molecule has 0 aliphatic heterocycles. The van der Waals surface area contributed by atoms with Crippen LogP contribution < -0.4 is 0 Å². The lowest BCUT2D eigenvalue weighted by molar-refractivity contribution is -0.137. The van der Waals surface area contributed by atoms with Gasteiger partial charge in [0.1, 0.15) is 10.0 Å². The average Bonchev–Trinajstić information content (AvgIpc) is 3.03. The number of carbonyl (C=O) groups is 2. The van der Waals surface area contributed by atoms with Crippen LogP contribution in [0.3, 0.4) is 0 Å². The molecule has 1 heterocycles. The number of hydrogen-bond acceptors (Lipinski definition) is 5. The molecule has 0 aliphatic carbocycles. The summed E-state index contributed by atoms with van der Waals surface area (Å²) in [6.07, 6.45) is -0.397. The van der Waals surface area contributed by atoms with Crippen molar-refractivity contribution in [2.45, 2.75) is 12.8 Å². The summed E-state index contributed by atoms with van der Waals surface area (Å²) < 4.78 is 0. The molecule has 0 saturated heterocycles. The first-order valence-electron chi connectivity index (χ1n) is 7.68. The molecule has 0 bridgehead atoms. The Hall–Kier alpha value is -2.48. The van der Waals surface area contributed by atoms with E-state index in [2.05, 4.69) is 10.2 Å². The molecule has 0 saturated carbocycles. The fourth-order valence-electron chi connectivity index (χ4n) is 2.60. The van der Waals surface area contributed by atoms with Crippen LogP contribution in [0.25, 0.3) is 21.1 Å². The maximum atomic E-state index is 11.1. The largest absolute Gasteiger partial charge is 0.481 e. The van der Waals surface area contributed by atoms with Gasteiger partial charge in [0.25, 0.3) is 0 Å². The molecular formula is C18H12Cl2N2O4S. The zero-order valence-corrected chi connectivity index (χ0v) is 16.0. The maximum absolute atomic E-state index is 11.1. The van der Waals surface area contributed by atoms with Crippen molar-refractivity contribution in [2.75, 3.05) is 0 Å². The third kappa shape index (κ3) is 4.63. The summed E-state index contributed by atoms with van der Waals surface area (Å²) in [5, 5.41) is 28.4. The number of aromatic nitrogens is 2. The summed E-state index contributed by atoms with van der Waals surface area (Å²) in [4.78, 5) is 22.3. The molecule has 0 amide bonds. The molecule has 0 atom stereocenters. The van der Waals surface area contributed by atoms with Crippen molar-refractivity contribution < 1.29 is 19.8 Å². The molecule has 3 aromatic rings. The van der Waals surface area contributed by atoms with E-state index in [1.807, 2.05) is 0 Å². The molecule has 2 aromatic carbocycles. The second-order valence-corrected chi connectivity index (χ2v) is 7.51. The Balaban J connectivity index is 2.04. The zero-order valence-electron chi connectivity index (χ0n) is 13.6. The highest BCUT2D eigenvalue weighted by Gasteiger charge is 2.17. The molecule has 27 heavy (non-hydrogen) atoms. The van der Waals surface area contributed by atoms with Crippen LogP contribution >= 0.6 is 34.5 Å². The van der Waals surface area contributed by atoms with Crippen molar-refractivity contribution in [3.8, 4) is 21.1 Å². The molecule has 138 valence electrons. The summed E-state index contributed by atoms with van der Waals surface area (Å²) in [6, 6.07) is 9.88. The van der Waals surface area contributed by atoms with Crippen LogP contribution in [0.5, 0.6) is 0 Å². The molecule has 3 rings (SSSR count). The number of benzene rings is 2. The lowest BCUT2D eigenvalue weighted by atomic mass is 10.1. The van der Waals surface area contributed by atoms with Crippen molar-refractivity contribution >= 4 is 46.5 Å². The first-order chi connectivity index (χ1) is 12.8. The van der Waals surface area contributed by atoms with E-state index in [1.165, 1.54) is 11.3 Å². The lowest BCUT2D eigenvalue weighted by Gasteiger charge is -2.06. The summed E-state index contributed by atoms with van der Waals surface area (Å²) in [6.45, 7) is 0. The first-order valence-corrected chi connectivity index (χ1v) is 9.25. The molecule has 6 nitrogen and oxygen atoms in total. The Morgan fingerprint density at radius 2 is 1.22 bits per heavy atom. The van der Waals surface area contributed by atoms with Gasteiger partial charge in [-0.25, -0.2) is 0 Å². The van der Waals surface area contributed by atoms with Gasteiger partial charge in [-0.05, 0) is 35.4 Å². The fourth-order valence-corrected chi connectivity index (χ4v) is 3.96. The molecule has 1 aromatic heterocycles. The number of aliphatic carboxylic acids is 2. The van der Waals surface area contributed by atoms with Crippen LogP contribution in [0.1, 0.15) is 11.1 Å². The minimum atomic E-state index is -0.982. The highest BCUT2D eigenvalue weighted by atomic mass is 35.5. The van der Waals surface area contributed by atoms with E-state index in [-0.39, 0.29) is 12.8 Å². The number of hydrogen-bond donors (Lipinski definition) is 2. The molecular weight excluding hydrogens is 411 g/mol. The van der Waals surface area contributed by atoms with Crippen molar-refractivity contribution in [1.82, 2.24) is 10.2 Å². The predicted molar refractivity (Wildman–Crippen MR) is 103 cm³/mol. The van der Waals surface area contributed by atoms with Crippen molar-refractivity contribution in [1.29, 1.82) is 0 Å². The van der Waals surface area contributed by atoms with Gasteiger partial charge in [-0.3, -0.25) is 9.59 Å². The van der Waals surface area contributed by atoms with E-state index >= 15 is 0 Å². The van der Waals surface area contributed by atoms with Gasteiger partial charge in [0.2, 0.25) is 0 Å². The standard InChI is InChI=1S/C18H12Cl2N2O4S/c19-11-1-3-13(9(5-11)7-15(23)24)17-21-22-18(27-17)14-4-2-12(20)6-10(14)8-16(25)26/h1-6H,7-8H2,(H,23,24)(H,25,26). The topological polar surface area (TPSA) is 100 Å². The van der Waals surface area contributed by atoms with Crippen molar-refractivity contribution in [3.05, 3.63) is 57.6 Å². The second-order valence-electron chi connectivity index (χ2n) is 5.66. The van der Waals surface area contributed by atoms with Gasteiger partial charge >= 0.3 is 11.9 Å². The van der Waals surface area contributed by atoms with Crippen molar-refractivity contribution in [3.63, 3.8) is 0 Å². The molecule has 2 N–H and O–H groups in total. The number of nitrogens with zero attached hydrogens (tertiary/aromatic N) is 2. The SMILES string of the molecule is O=C(O)Cc1cc(Cl)ccc1-c1nnc(-c2ccc(Cl)cc2CC(=O)O)s1. The summed E-state index contributed by atoms with van der Waals surface area (Å²) >= 11 is 13.2. The second kappa shape index (κ2) is 8.04. The van der Waals surface area contributed by atoms with E-state index in [9.17, 15) is 9.59 Å². The number of rotatable bonds is 6. The first kappa shape index (κ1) is 19.3. The van der Waals surface area contributed by atoms with E-state index in [0.717, 1.165) is 0 Å². The Bertz CT molecular complexity index is 956. The predicted octanol–water partition coefficient (Wildman–Crippen LogP) is 4.43. The molecule has 0 unspecified atom stereocenters. The quantitative estimate of drug-likeness (QED) is 0.608. The van der Waals surface area contributed by atoms with Gasteiger partial charge in [0.15, 0.2) is 0 Å². The minimum Gasteiger partial charge on any atom is -0.481 e. The lowest BCUT2D eigenvalue weighted by Crippen LogP contribution is -2.01. The van der Waals surface area contributed by atoms with Crippen LogP contribution in [0.15, 0.2) is 36.4 Å².